The number of benzene rings is 3. The molecule has 6 heteroatoms. The molecule has 1 unspecified atom stereocenters. The molecule has 0 fully saturated rings. The number of carbonyl (C=O) groups is 1. The first-order valence-corrected chi connectivity index (χ1v) is 10.6. The van der Waals surface area contributed by atoms with Crippen LogP contribution in [0.2, 0.25) is 0 Å². The van der Waals surface area contributed by atoms with Gasteiger partial charge in [0.1, 0.15) is 5.82 Å². The van der Waals surface area contributed by atoms with Gasteiger partial charge in [-0.05, 0) is 72.5 Å². The van der Waals surface area contributed by atoms with Crippen molar-refractivity contribution in [2.75, 3.05) is 6.79 Å². The van der Waals surface area contributed by atoms with Gasteiger partial charge in [-0.2, -0.15) is 0 Å². The lowest BCUT2D eigenvalue weighted by Crippen LogP contribution is -2.26. The third-order valence-electron chi connectivity index (χ3n) is 5.82. The van der Waals surface area contributed by atoms with Crippen LogP contribution in [-0.4, -0.2) is 17.7 Å². The van der Waals surface area contributed by atoms with E-state index in [2.05, 4.69) is 10.3 Å². The van der Waals surface area contributed by atoms with Crippen LogP contribution in [0.4, 0.5) is 4.39 Å². The van der Waals surface area contributed by atoms with Gasteiger partial charge in [0, 0.05) is 23.0 Å². The minimum atomic E-state index is -0.275. The van der Waals surface area contributed by atoms with Crippen molar-refractivity contribution < 1.29 is 18.7 Å². The molecule has 32 heavy (non-hydrogen) atoms. The van der Waals surface area contributed by atoms with E-state index in [1.807, 2.05) is 49.4 Å². The highest BCUT2D eigenvalue weighted by Gasteiger charge is 2.18. The number of rotatable bonds is 6. The third-order valence-corrected chi connectivity index (χ3v) is 5.82. The molecule has 0 saturated carbocycles. The van der Waals surface area contributed by atoms with Gasteiger partial charge in [-0.1, -0.05) is 24.3 Å². The lowest BCUT2D eigenvalue weighted by atomic mass is 10.0. The zero-order chi connectivity index (χ0) is 22.1. The Balaban J connectivity index is 1.33. The summed E-state index contributed by atoms with van der Waals surface area (Å²) in [6, 6.07) is 20.0. The summed E-state index contributed by atoms with van der Waals surface area (Å²) in [5.41, 5.74) is 4.82. The standard InChI is InChI=1S/C26H23FN2O3/c1-16(18-8-12-23-24(14-18)32-15-31-23)28-25(30)13-11-21-20-4-2-3-5-22(20)29-26(21)17-6-9-19(27)10-7-17/h2-10,12,14,16,29H,11,13,15H2,1H3,(H,28,30). The SMILES string of the molecule is CC(NC(=O)CCc1c(-c2ccc(F)cc2)[nH]c2ccccc12)c1ccc2c(c1)OCO2. The number of amides is 1. The van der Waals surface area contributed by atoms with E-state index in [1.165, 1.54) is 12.1 Å². The van der Waals surface area contributed by atoms with Gasteiger partial charge in [0.2, 0.25) is 12.7 Å². The van der Waals surface area contributed by atoms with Crippen molar-refractivity contribution in [2.45, 2.75) is 25.8 Å². The second-order valence-corrected chi connectivity index (χ2v) is 7.93. The molecule has 0 spiro atoms. The maximum atomic E-state index is 13.4. The first-order valence-electron chi connectivity index (χ1n) is 10.6. The highest BCUT2D eigenvalue weighted by atomic mass is 19.1. The van der Waals surface area contributed by atoms with Crippen molar-refractivity contribution in [3.63, 3.8) is 0 Å². The van der Waals surface area contributed by atoms with E-state index in [9.17, 15) is 9.18 Å². The molecule has 1 aliphatic rings. The molecule has 5 nitrogen and oxygen atoms in total. The molecule has 5 rings (SSSR count). The van der Waals surface area contributed by atoms with Crippen molar-refractivity contribution in [1.29, 1.82) is 0 Å². The summed E-state index contributed by atoms with van der Waals surface area (Å²) in [6.07, 6.45) is 0.904. The summed E-state index contributed by atoms with van der Waals surface area (Å²) in [4.78, 5) is 16.2. The number of carbonyl (C=O) groups excluding carboxylic acids is 1. The average Bonchev–Trinajstić information content (AvgIpc) is 3.42. The van der Waals surface area contributed by atoms with E-state index >= 15 is 0 Å². The molecule has 3 aromatic carbocycles. The number of H-pyrrole nitrogens is 1. The Morgan fingerprint density at radius 2 is 1.84 bits per heavy atom. The van der Waals surface area contributed by atoms with Gasteiger partial charge in [0.25, 0.3) is 0 Å². The maximum Gasteiger partial charge on any atom is 0.231 e. The molecule has 2 heterocycles. The summed E-state index contributed by atoms with van der Waals surface area (Å²) in [5.74, 6) is 1.11. The van der Waals surface area contributed by atoms with Crippen LogP contribution in [0.3, 0.4) is 0 Å². The van der Waals surface area contributed by atoms with Gasteiger partial charge >= 0.3 is 0 Å². The Kier molecular flexibility index (Phi) is 5.27. The minimum Gasteiger partial charge on any atom is -0.454 e. The fourth-order valence-electron chi connectivity index (χ4n) is 4.14. The lowest BCUT2D eigenvalue weighted by Gasteiger charge is -2.15. The smallest absolute Gasteiger partial charge is 0.231 e. The number of aromatic nitrogens is 1. The summed E-state index contributed by atoms with van der Waals surface area (Å²) < 4.78 is 24.2. The Morgan fingerprint density at radius 1 is 1.06 bits per heavy atom. The van der Waals surface area contributed by atoms with Gasteiger partial charge in [0.05, 0.1) is 6.04 Å². The fraction of sp³-hybridized carbons (Fsp3) is 0.192. The molecule has 162 valence electrons. The van der Waals surface area contributed by atoms with Gasteiger partial charge in [-0.25, -0.2) is 4.39 Å². The molecule has 1 aliphatic heterocycles. The van der Waals surface area contributed by atoms with Crippen LogP contribution < -0.4 is 14.8 Å². The number of nitrogens with one attached hydrogen (secondary N) is 2. The number of ether oxygens (including phenoxy) is 2. The second-order valence-electron chi connectivity index (χ2n) is 7.93. The molecule has 0 saturated heterocycles. The van der Waals surface area contributed by atoms with Crippen LogP contribution in [0, 0.1) is 5.82 Å². The molecule has 1 amide bonds. The highest BCUT2D eigenvalue weighted by Crippen LogP contribution is 2.34. The number of halogens is 1. The van der Waals surface area contributed by atoms with Crippen LogP contribution in [0.25, 0.3) is 22.2 Å². The Hall–Kier alpha value is -3.80. The fourth-order valence-corrected chi connectivity index (χ4v) is 4.14. The number of hydrogen-bond donors (Lipinski definition) is 2. The van der Waals surface area contributed by atoms with Crippen LogP contribution >= 0.6 is 0 Å². The molecule has 4 aromatic rings. The van der Waals surface area contributed by atoms with Gasteiger partial charge in [0.15, 0.2) is 11.5 Å². The van der Waals surface area contributed by atoms with E-state index in [4.69, 9.17) is 9.47 Å². The topological polar surface area (TPSA) is 63.4 Å². The zero-order valence-electron chi connectivity index (χ0n) is 17.7. The molecule has 2 N–H and O–H groups in total. The largest absolute Gasteiger partial charge is 0.454 e. The molecule has 0 bridgehead atoms. The van der Waals surface area contributed by atoms with Gasteiger partial charge in [-0.3, -0.25) is 4.79 Å². The van der Waals surface area contributed by atoms with Gasteiger partial charge in [-0.15, -0.1) is 0 Å². The number of para-hydroxylation sites is 1. The number of hydrogen-bond acceptors (Lipinski definition) is 3. The number of aryl methyl sites for hydroxylation is 1. The normalized spacial score (nSPS) is 13.3. The summed E-state index contributed by atoms with van der Waals surface area (Å²) in [5, 5.41) is 4.14. The molecule has 1 aromatic heterocycles. The molecule has 0 aliphatic carbocycles. The summed E-state index contributed by atoms with van der Waals surface area (Å²) in [6.45, 7) is 2.17. The minimum absolute atomic E-state index is 0.0366. The Bertz CT molecular complexity index is 1280. The first-order chi connectivity index (χ1) is 15.6. The monoisotopic (exact) mass is 430 g/mol. The van der Waals surface area contributed by atoms with E-state index in [0.717, 1.165) is 39.0 Å². The van der Waals surface area contributed by atoms with Crippen molar-refractivity contribution in [3.8, 4) is 22.8 Å². The molecular weight excluding hydrogens is 407 g/mol. The van der Waals surface area contributed by atoms with Crippen LogP contribution in [-0.2, 0) is 11.2 Å². The average molecular weight is 430 g/mol. The predicted molar refractivity (Wildman–Crippen MR) is 121 cm³/mol. The zero-order valence-corrected chi connectivity index (χ0v) is 17.7. The van der Waals surface area contributed by atoms with Crippen LogP contribution in [0.1, 0.15) is 30.5 Å². The molecule has 1 atom stereocenters. The quantitative estimate of drug-likeness (QED) is 0.424. The maximum absolute atomic E-state index is 13.4. The van der Waals surface area contributed by atoms with Crippen molar-refractivity contribution in [2.24, 2.45) is 0 Å². The third kappa shape index (κ3) is 3.91. The summed E-state index contributed by atoms with van der Waals surface area (Å²) in [7, 11) is 0. The van der Waals surface area contributed by atoms with E-state index < -0.39 is 0 Å². The predicted octanol–water partition coefficient (Wildman–Crippen LogP) is 5.51. The van der Waals surface area contributed by atoms with Crippen molar-refractivity contribution in [1.82, 2.24) is 10.3 Å². The summed E-state index contributed by atoms with van der Waals surface area (Å²) >= 11 is 0. The lowest BCUT2D eigenvalue weighted by molar-refractivity contribution is -0.121. The van der Waals surface area contributed by atoms with E-state index in [-0.39, 0.29) is 24.6 Å². The van der Waals surface area contributed by atoms with E-state index in [0.29, 0.717) is 18.6 Å². The molecule has 0 radical (unpaired) electrons. The second kappa shape index (κ2) is 8.38. The van der Waals surface area contributed by atoms with Crippen molar-refractivity contribution >= 4 is 16.8 Å². The first kappa shape index (κ1) is 20.1. The van der Waals surface area contributed by atoms with Crippen molar-refractivity contribution in [3.05, 3.63) is 83.7 Å². The number of fused-ring (bicyclic) bond motifs is 2. The molecular formula is C26H23FN2O3. The Morgan fingerprint density at radius 3 is 2.69 bits per heavy atom. The number of aromatic amines is 1. The van der Waals surface area contributed by atoms with Crippen LogP contribution in [0.15, 0.2) is 66.7 Å². The Labute approximate surface area is 185 Å². The van der Waals surface area contributed by atoms with E-state index in [1.54, 1.807) is 12.1 Å². The van der Waals surface area contributed by atoms with Gasteiger partial charge < -0.3 is 19.8 Å². The highest BCUT2D eigenvalue weighted by molar-refractivity contribution is 5.91. The van der Waals surface area contributed by atoms with Crippen LogP contribution in [0.5, 0.6) is 11.5 Å².